The van der Waals surface area contributed by atoms with E-state index in [1.54, 1.807) is 24.3 Å². The van der Waals surface area contributed by atoms with Crippen LogP contribution in [0, 0.1) is 23.7 Å². The minimum atomic E-state index is -0.430. The summed E-state index contributed by atoms with van der Waals surface area (Å²) in [5.74, 6) is -0.0313. The van der Waals surface area contributed by atoms with Gasteiger partial charge >= 0.3 is 5.97 Å². The number of methoxy groups -OCH3 is 1. The predicted molar refractivity (Wildman–Crippen MR) is 78.1 cm³/mol. The summed E-state index contributed by atoms with van der Waals surface area (Å²) < 4.78 is 4.65. The molecule has 3 fully saturated rings. The Morgan fingerprint density at radius 3 is 2.09 bits per heavy atom. The van der Waals surface area contributed by atoms with Gasteiger partial charge in [-0.3, -0.25) is 14.5 Å². The molecule has 0 spiro atoms. The van der Waals surface area contributed by atoms with E-state index in [0.29, 0.717) is 23.1 Å². The Kier molecular flexibility index (Phi) is 2.86. The summed E-state index contributed by atoms with van der Waals surface area (Å²) in [6.07, 6.45) is 3.17. The highest BCUT2D eigenvalue weighted by atomic mass is 16.5. The van der Waals surface area contributed by atoms with Crippen LogP contribution in [0.3, 0.4) is 0 Å². The Hall–Kier alpha value is -2.17. The molecule has 1 heterocycles. The lowest BCUT2D eigenvalue weighted by Crippen LogP contribution is -2.32. The third-order valence-electron chi connectivity index (χ3n) is 5.47. The molecule has 5 nitrogen and oxygen atoms in total. The van der Waals surface area contributed by atoms with E-state index in [1.165, 1.54) is 12.0 Å². The maximum absolute atomic E-state index is 12.7. The van der Waals surface area contributed by atoms with Gasteiger partial charge in [-0.2, -0.15) is 0 Å². The van der Waals surface area contributed by atoms with Crippen molar-refractivity contribution in [3.63, 3.8) is 0 Å². The number of rotatable bonds is 2. The van der Waals surface area contributed by atoms with Gasteiger partial charge in [0, 0.05) is 0 Å². The number of hydrogen-bond acceptors (Lipinski definition) is 4. The highest BCUT2D eigenvalue weighted by molar-refractivity contribution is 6.22. The van der Waals surface area contributed by atoms with Gasteiger partial charge in [0.25, 0.3) is 0 Å². The second-order valence-electron chi connectivity index (χ2n) is 6.44. The molecule has 1 aliphatic heterocycles. The van der Waals surface area contributed by atoms with Crippen LogP contribution in [0.4, 0.5) is 5.69 Å². The molecular weight excluding hydrogens is 282 g/mol. The SMILES string of the molecule is COC(=O)c1ccc(N2C(=O)[C@@H]3[C@H]4CC[C@@H](C4)[C@@H]3C2=O)cc1. The Morgan fingerprint density at radius 1 is 1.05 bits per heavy atom. The van der Waals surface area contributed by atoms with Crippen molar-refractivity contribution in [1.82, 2.24) is 0 Å². The third-order valence-corrected chi connectivity index (χ3v) is 5.47. The summed E-state index contributed by atoms with van der Waals surface area (Å²) in [5, 5.41) is 0. The zero-order chi connectivity index (χ0) is 15.4. The number of anilines is 1. The summed E-state index contributed by atoms with van der Waals surface area (Å²) in [6, 6.07) is 6.46. The number of esters is 1. The van der Waals surface area contributed by atoms with Gasteiger partial charge < -0.3 is 4.74 Å². The summed E-state index contributed by atoms with van der Waals surface area (Å²) in [6.45, 7) is 0. The summed E-state index contributed by atoms with van der Waals surface area (Å²) in [5.41, 5.74) is 0.960. The number of carbonyl (C=O) groups is 3. The molecule has 1 saturated heterocycles. The van der Waals surface area contributed by atoms with Crippen molar-refractivity contribution in [1.29, 1.82) is 0 Å². The van der Waals surface area contributed by atoms with Gasteiger partial charge in [0.15, 0.2) is 0 Å². The lowest BCUT2D eigenvalue weighted by Gasteiger charge is -2.19. The van der Waals surface area contributed by atoms with Gasteiger partial charge in [-0.15, -0.1) is 0 Å². The smallest absolute Gasteiger partial charge is 0.337 e. The number of carbonyl (C=O) groups excluding carboxylic acids is 3. The highest BCUT2D eigenvalue weighted by Crippen LogP contribution is 2.56. The van der Waals surface area contributed by atoms with Crippen molar-refractivity contribution in [3.05, 3.63) is 29.8 Å². The van der Waals surface area contributed by atoms with E-state index in [4.69, 9.17) is 0 Å². The minimum Gasteiger partial charge on any atom is -0.465 e. The molecule has 0 radical (unpaired) electrons. The predicted octanol–water partition coefficient (Wildman–Crippen LogP) is 2.01. The van der Waals surface area contributed by atoms with Crippen molar-refractivity contribution in [3.8, 4) is 0 Å². The summed E-state index contributed by atoms with van der Waals surface area (Å²) in [7, 11) is 1.32. The molecule has 0 N–H and O–H groups in total. The van der Waals surface area contributed by atoms with Crippen LogP contribution in [0.2, 0.25) is 0 Å². The van der Waals surface area contributed by atoms with Gasteiger partial charge in [0.05, 0.1) is 30.2 Å². The molecular formula is C17H17NO4. The summed E-state index contributed by atoms with van der Waals surface area (Å²) in [4.78, 5) is 38.1. The number of benzene rings is 1. The molecule has 2 aliphatic carbocycles. The van der Waals surface area contributed by atoms with Crippen LogP contribution >= 0.6 is 0 Å². The Bertz CT molecular complexity index is 638. The standard InChI is InChI=1S/C17H17NO4/c1-22-17(21)9-4-6-12(7-5-9)18-15(19)13-10-2-3-11(8-10)14(13)16(18)20/h4-7,10-11,13-14H,2-3,8H2,1H3/t10-,11-,13-,14+/m0/s1. The van der Waals surface area contributed by atoms with Gasteiger partial charge in [-0.25, -0.2) is 4.79 Å². The maximum Gasteiger partial charge on any atom is 0.337 e. The molecule has 0 aromatic heterocycles. The van der Waals surface area contributed by atoms with Crippen LogP contribution < -0.4 is 4.90 Å². The van der Waals surface area contributed by atoms with E-state index in [1.807, 2.05) is 0 Å². The van der Waals surface area contributed by atoms with Crippen LogP contribution in [0.1, 0.15) is 29.6 Å². The molecule has 2 amide bonds. The zero-order valence-electron chi connectivity index (χ0n) is 12.3. The highest BCUT2D eigenvalue weighted by Gasteiger charge is 2.61. The van der Waals surface area contributed by atoms with E-state index in [0.717, 1.165) is 19.3 Å². The van der Waals surface area contributed by atoms with E-state index in [9.17, 15) is 14.4 Å². The van der Waals surface area contributed by atoms with Gasteiger partial charge in [0.1, 0.15) is 0 Å². The monoisotopic (exact) mass is 299 g/mol. The Labute approximate surface area is 128 Å². The lowest BCUT2D eigenvalue weighted by atomic mass is 9.81. The van der Waals surface area contributed by atoms with Crippen molar-refractivity contribution >= 4 is 23.5 Å². The van der Waals surface area contributed by atoms with Crippen molar-refractivity contribution in [2.45, 2.75) is 19.3 Å². The fourth-order valence-electron chi connectivity index (χ4n) is 4.53. The first kappa shape index (κ1) is 13.5. The molecule has 5 heteroatoms. The van der Waals surface area contributed by atoms with Crippen molar-refractivity contribution in [2.75, 3.05) is 12.0 Å². The molecule has 2 saturated carbocycles. The number of nitrogens with zero attached hydrogens (tertiary/aromatic N) is 1. The molecule has 4 atom stereocenters. The molecule has 2 bridgehead atoms. The number of fused-ring (bicyclic) bond motifs is 5. The number of hydrogen-bond donors (Lipinski definition) is 0. The number of amides is 2. The first-order valence-electron chi connectivity index (χ1n) is 7.68. The molecule has 114 valence electrons. The van der Waals surface area contributed by atoms with Crippen LogP contribution in [0.15, 0.2) is 24.3 Å². The lowest BCUT2D eigenvalue weighted by molar-refractivity contribution is -0.123. The topological polar surface area (TPSA) is 63.7 Å². The fraction of sp³-hybridized carbons (Fsp3) is 0.471. The molecule has 22 heavy (non-hydrogen) atoms. The van der Waals surface area contributed by atoms with Gasteiger partial charge in [0.2, 0.25) is 11.8 Å². The average Bonchev–Trinajstić information content (AvgIpc) is 3.21. The second-order valence-corrected chi connectivity index (χ2v) is 6.44. The van der Waals surface area contributed by atoms with Gasteiger partial charge in [-0.1, -0.05) is 0 Å². The van der Waals surface area contributed by atoms with Crippen LogP contribution in [-0.4, -0.2) is 24.9 Å². The van der Waals surface area contributed by atoms with E-state index < -0.39 is 5.97 Å². The van der Waals surface area contributed by atoms with Crippen molar-refractivity contribution < 1.29 is 19.1 Å². The van der Waals surface area contributed by atoms with E-state index >= 15 is 0 Å². The van der Waals surface area contributed by atoms with Gasteiger partial charge in [-0.05, 0) is 55.4 Å². The normalized spacial score (nSPS) is 32.5. The van der Waals surface area contributed by atoms with Crippen LogP contribution in [-0.2, 0) is 14.3 Å². The average molecular weight is 299 g/mol. The third kappa shape index (κ3) is 1.68. The van der Waals surface area contributed by atoms with Crippen LogP contribution in [0.25, 0.3) is 0 Å². The zero-order valence-corrected chi connectivity index (χ0v) is 12.3. The Morgan fingerprint density at radius 2 is 1.59 bits per heavy atom. The molecule has 1 aromatic carbocycles. The van der Waals surface area contributed by atoms with E-state index in [-0.39, 0.29) is 23.7 Å². The quantitative estimate of drug-likeness (QED) is 0.619. The fourth-order valence-corrected chi connectivity index (χ4v) is 4.53. The first-order chi connectivity index (χ1) is 10.6. The molecule has 3 aliphatic rings. The Balaban J connectivity index is 1.64. The van der Waals surface area contributed by atoms with E-state index in [2.05, 4.69) is 4.74 Å². The number of imide groups is 1. The minimum absolute atomic E-state index is 0.0620. The number of ether oxygens (including phenoxy) is 1. The molecule has 1 aromatic rings. The molecule has 0 unspecified atom stereocenters. The molecule has 4 rings (SSSR count). The first-order valence-corrected chi connectivity index (χ1v) is 7.68. The van der Waals surface area contributed by atoms with Crippen molar-refractivity contribution in [2.24, 2.45) is 23.7 Å². The largest absolute Gasteiger partial charge is 0.465 e. The second kappa shape index (κ2) is 4.66. The maximum atomic E-state index is 12.7. The van der Waals surface area contributed by atoms with Crippen LogP contribution in [0.5, 0.6) is 0 Å². The summed E-state index contributed by atoms with van der Waals surface area (Å²) >= 11 is 0.